The highest BCUT2D eigenvalue weighted by Crippen LogP contribution is 2.29. The first kappa shape index (κ1) is 26.1. The Hall–Kier alpha value is -3.56. The summed E-state index contributed by atoms with van der Waals surface area (Å²) in [5.74, 6) is 1.70. The Morgan fingerprint density at radius 2 is 1.77 bits per heavy atom. The van der Waals surface area contributed by atoms with Gasteiger partial charge in [-0.25, -0.2) is 5.43 Å². The molecule has 3 aromatic rings. The van der Waals surface area contributed by atoms with Gasteiger partial charge in [0.25, 0.3) is 5.69 Å². The maximum Gasteiger partial charge on any atom is 0.269 e. The number of carbonyl (C=O) groups excluding carboxylic acids is 1. The number of benzene rings is 3. The molecule has 0 aliphatic carbocycles. The van der Waals surface area contributed by atoms with Gasteiger partial charge < -0.3 is 9.47 Å². The molecule has 0 spiro atoms. The largest absolute Gasteiger partial charge is 0.490 e. The van der Waals surface area contributed by atoms with Gasteiger partial charge in [-0.1, -0.05) is 35.9 Å². The van der Waals surface area contributed by atoms with Crippen molar-refractivity contribution < 1.29 is 19.2 Å². The van der Waals surface area contributed by atoms with Gasteiger partial charge in [0.1, 0.15) is 6.61 Å². The third-order valence-electron chi connectivity index (χ3n) is 4.63. The summed E-state index contributed by atoms with van der Waals surface area (Å²) in [6.07, 6.45) is 1.53. The van der Waals surface area contributed by atoms with Gasteiger partial charge >= 0.3 is 0 Å². The lowest BCUT2D eigenvalue weighted by molar-refractivity contribution is -0.384. The Labute approximate surface area is 212 Å². The predicted molar refractivity (Wildman–Crippen MR) is 138 cm³/mol. The molecule has 8 nitrogen and oxygen atoms in total. The number of hydrogen-bond acceptors (Lipinski definition) is 7. The molecule has 3 rings (SSSR count). The number of hydrogen-bond donors (Lipinski definition) is 1. The van der Waals surface area contributed by atoms with E-state index in [0.717, 1.165) is 16.7 Å². The van der Waals surface area contributed by atoms with E-state index >= 15 is 0 Å². The van der Waals surface area contributed by atoms with Crippen molar-refractivity contribution in [2.45, 2.75) is 19.3 Å². The van der Waals surface area contributed by atoms with Gasteiger partial charge in [-0.05, 0) is 53.9 Å². The molecule has 1 N–H and O–H groups in total. The van der Waals surface area contributed by atoms with Crippen LogP contribution in [-0.2, 0) is 17.2 Å². The highest BCUT2D eigenvalue weighted by molar-refractivity contribution is 7.99. The molecule has 0 unspecified atom stereocenters. The Morgan fingerprint density at radius 1 is 1.06 bits per heavy atom. The number of hydrazone groups is 1. The summed E-state index contributed by atoms with van der Waals surface area (Å²) in [4.78, 5) is 22.3. The lowest BCUT2D eigenvalue weighted by Crippen LogP contribution is -2.19. The quantitative estimate of drug-likeness (QED) is 0.192. The summed E-state index contributed by atoms with van der Waals surface area (Å²) in [6, 6.07) is 19.1. The van der Waals surface area contributed by atoms with Crippen LogP contribution < -0.4 is 14.9 Å². The molecule has 0 aliphatic heterocycles. The summed E-state index contributed by atoms with van der Waals surface area (Å²) in [5, 5.41) is 15.4. The fourth-order valence-electron chi connectivity index (χ4n) is 2.92. The number of amides is 1. The summed E-state index contributed by atoms with van der Waals surface area (Å²) in [6.45, 7) is 2.73. The van der Waals surface area contributed by atoms with E-state index in [-0.39, 0.29) is 17.3 Å². The van der Waals surface area contributed by atoms with E-state index in [4.69, 9.17) is 21.1 Å². The average molecular weight is 514 g/mol. The molecule has 0 heterocycles. The van der Waals surface area contributed by atoms with Crippen molar-refractivity contribution in [1.82, 2.24) is 5.43 Å². The van der Waals surface area contributed by atoms with Crippen LogP contribution in [0, 0.1) is 10.1 Å². The number of rotatable bonds is 12. The molecule has 0 fully saturated rings. The van der Waals surface area contributed by atoms with Crippen molar-refractivity contribution in [3.05, 3.63) is 98.6 Å². The van der Waals surface area contributed by atoms with Crippen LogP contribution in [0.3, 0.4) is 0 Å². The van der Waals surface area contributed by atoms with Gasteiger partial charge in [-0.2, -0.15) is 5.10 Å². The second-order valence-corrected chi connectivity index (χ2v) is 8.69. The summed E-state index contributed by atoms with van der Waals surface area (Å²) >= 11 is 7.31. The molecule has 182 valence electrons. The minimum Gasteiger partial charge on any atom is -0.490 e. The minimum absolute atomic E-state index is 0.0412. The van der Waals surface area contributed by atoms with E-state index < -0.39 is 4.92 Å². The second-order valence-electron chi connectivity index (χ2n) is 7.26. The summed E-state index contributed by atoms with van der Waals surface area (Å²) in [5.41, 5.74) is 5.16. The standard InChI is InChI=1S/C25H24ClN3O5S/c1-2-33-24-13-20(7-12-23(24)34-15-18-3-8-21(26)9-4-18)14-27-28-25(30)17-35-16-19-5-10-22(11-6-19)29(31)32/h3-14H,2,15-17H2,1H3,(H,28,30)/b27-14-. The van der Waals surface area contributed by atoms with Crippen LogP contribution in [0.1, 0.15) is 23.6 Å². The molecule has 35 heavy (non-hydrogen) atoms. The average Bonchev–Trinajstić information content (AvgIpc) is 2.85. The maximum absolute atomic E-state index is 12.0. The molecule has 0 radical (unpaired) electrons. The fourth-order valence-corrected chi connectivity index (χ4v) is 3.83. The number of non-ortho nitro benzene ring substituents is 1. The van der Waals surface area contributed by atoms with E-state index in [1.807, 2.05) is 37.3 Å². The van der Waals surface area contributed by atoms with Crippen LogP contribution in [0.4, 0.5) is 5.69 Å². The molecule has 1 amide bonds. The lowest BCUT2D eigenvalue weighted by atomic mass is 10.2. The van der Waals surface area contributed by atoms with Gasteiger partial charge in [-0.15, -0.1) is 11.8 Å². The number of carbonyl (C=O) groups is 1. The van der Waals surface area contributed by atoms with Crippen molar-refractivity contribution >= 4 is 41.2 Å². The van der Waals surface area contributed by atoms with Gasteiger partial charge in [0, 0.05) is 22.9 Å². The summed E-state index contributed by atoms with van der Waals surface area (Å²) in [7, 11) is 0. The van der Waals surface area contributed by atoms with Crippen molar-refractivity contribution in [2.24, 2.45) is 5.10 Å². The monoisotopic (exact) mass is 513 g/mol. The molecule has 3 aromatic carbocycles. The number of halogens is 1. The van der Waals surface area contributed by atoms with E-state index in [2.05, 4.69) is 10.5 Å². The number of nitrogens with zero attached hydrogens (tertiary/aromatic N) is 2. The van der Waals surface area contributed by atoms with E-state index in [9.17, 15) is 14.9 Å². The molecule has 10 heteroatoms. The molecule has 0 saturated carbocycles. The Bertz CT molecular complexity index is 1170. The second kappa shape index (κ2) is 13.4. The zero-order valence-corrected chi connectivity index (χ0v) is 20.6. The molecule has 0 saturated heterocycles. The lowest BCUT2D eigenvalue weighted by Gasteiger charge is -2.12. The van der Waals surface area contributed by atoms with Crippen LogP contribution in [-0.4, -0.2) is 29.4 Å². The first-order valence-corrected chi connectivity index (χ1v) is 12.2. The van der Waals surface area contributed by atoms with Crippen LogP contribution in [0.2, 0.25) is 5.02 Å². The van der Waals surface area contributed by atoms with Crippen molar-refractivity contribution in [2.75, 3.05) is 12.4 Å². The molecule has 0 atom stereocenters. The zero-order valence-electron chi connectivity index (χ0n) is 19.0. The van der Waals surface area contributed by atoms with Crippen molar-refractivity contribution in [1.29, 1.82) is 0 Å². The molecule has 0 aromatic heterocycles. The van der Waals surface area contributed by atoms with E-state index in [1.165, 1.54) is 30.1 Å². The minimum atomic E-state index is -0.443. The molecule has 0 aliphatic rings. The van der Waals surface area contributed by atoms with Gasteiger partial charge in [0.2, 0.25) is 5.91 Å². The van der Waals surface area contributed by atoms with Crippen LogP contribution >= 0.6 is 23.4 Å². The van der Waals surface area contributed by atoms with Gasteiger partial charge in [-0.3, -0.25) is 14.9 Å². The number of thioether (sulfide) groups is 1. The number of nitro benzene ring substituents is 1. The zero-order chi connectivity index (χ0) is 25.0. The SMILES string of the molecule is CCOc1cc(/C=N\NC(=O)CSCc2ccc([N+](=O)[O-])cc2)ccc1OCc1ccc(Cl)cc1. The van der Waals surface area contributed by atoms with E-state index in [1.54, 1.807) is 24.3 Å². The topological polar surface area (TPSA) is 103 Å². The number of ether oxygens (including phenoxy) is 2. The summed E-state index contributed by atoms with van der Waals surface area (Å²) < 4.78 is 11.6. The molecular weight excluding hydrogens is 490 g/mol. The Balaban J connectivity index is 1.48. The van der Waals surface area contributed by atoms with Gasteiger partial charge in [0.15, 0.2) is 11.5 Å². The first-order valence-electron chi connectivity index (χ1n) is 10.7. The highest BCUT2D eigenvalue weighted by Gasteiger charge is 2.08. The normalized spacial score (nSPS) is 10.8. The van der Waals surface area contributed by atoms with E-state index in [0.29, 0.717) is 35.5 Å². The predicted octanol–water partition coefficient (Wildman–Crippen LogP) is 5.61. The van der Waals surface area contributed by atoms with Crippen molar-refractivity contribution in [3.63, 3.8) is 0 Å². The highest BCUT2D eigenvalue weighted by atomic mass is 35.5. The Morgan fingerprint density at radius 3 is 2.46 bits per heavy atom. The third kappa shape index (κ3) is 8.62. The van der Waals surface area contributed by atoms with Gasteiger partial charge in [0.05, 0.1) is 23.5 Å². The van der Waals surface area contributed by atoms with Crippen LogP contribution in [0.5, 0.6) is 11.5 Å². The molecule has 0 bridgehead atoms. The van der Waals surface area contributed by atoms with Crippen LogP contribution in [0.25, 0.3) is 0 Å². The smallest absolute Gasteiger partial charge is 0.269 e. The van der Waals surface area contributed by atoms with Crippen LogP contribution in [0.15, 0.2) is 71.8 Å². The number of nitrogens with one attached hydrogen (secondary N) is 1. The Kier molecular flexibility index (Phi) is 9.94. The maximum atomic E-state index is 12.0. The fraction of sp³-hybridized carbons (Fsp3) is 0.200. The third-order valence-corrected chi connectivity index (χ3v) is 5.88. The molecular formula is C25H24ClN3O5S. The first-order chi connectivity index (χ1) is 16.9. The number of nitro groups is 1. The van der Waals surface area contributed by atoms with Crippen molar-refractivity contribution in [3.8, 4) is 11.5 Å².